The SMILES string of the molecule is C=CCNc1nc(OC(C(F)(F)F)C(F)(F)F)nc(N(CCC)CCC)n1. The minimum Gasteiger partial charge on any atom is -0.440 e. The van der Waals surface area contributed by atoms with Gasteiger partial charge in [-0.2, -0.15) is 41.3 Å². The van der Waals surface area contributed by atoms with Gasteiger partial charge in [0.05, 0.1) is 0 Å². The van der Waals surface area contributed by atoms with Gasteiger partial charge in [-0.05, 0) is 12.8 Å². The molecule has 1 aromatic rings. The average molecular weight is 401 g/mol. The maximum atomic E-state index is 12.8. The first kappa shape index (κ1) is 22.8. The summed E-state index contributed by atoms with van der Waals surface area (Å²) in [5, 5.41) is 2.62. The van der Waals surface area contributed by atoms with E-state index in [0.717, 1.165) is 0 Å². The predicted molar refractivity (Wildman–Crippen MR) is 87.8 cm³/mol. The molecule has 1 N–H and O–H groups in total. The number of ether oxygens (including phenoxy) is 1. The fourth-order valence-electron chi connectivity index (χ4n) is 2.06. The molecule has 0 fully saturated rings. The molecule has 154 valence electrons. The van der Waals surface area contributed by atoms with Crippen LogP contribution in [-0.4, -0.2) is 53.0 Å². The van der Waals surface area contributed by atoms with E-state index in [-0.39, 0.29) is 18.4 Å². The maximum absolute atomic E-state index is 12.8. The Morgan fingerprint density at radius 2 is 1.59 bits per heavy atom. The van der Waals surface area contributed by atoms with E-state index in [1.807, 2.05) is 13.8 Å². The van der Waals surface area contributed by atoms with Crippen LogP contribution in [0.5, 0.6) is 6.01 Å². The summed E-state index contributed by atoms with van der Waals surface area (Å²) in [6.45, 7) is 8.24. The fraction of sp³-hybridized carbons (Fsp3) is 0.667. The molecule has 0 aliphatic rings. The van der Waals surface area contributed by atoms with Crippen LogP contribution in [0.4, 0.5) is 38.2 Å². The molecule has 0 aliphatic carbocycles. The molecule has 0 radical (unpaired) electrons. The molecule has 0 amide bonds. The Morgan fingerprint density at radius 3 is 2.04 bits per heavy atom. The smallest absolute Gasteiger partial charge is 0.434 e. The van der Waals surface area contributed by atoms with Crippen LogP contribution in [0.25, 0.3) is 0 Å². The molecule has 0 unspecified atom stereocenters. The van der Waals surface area contributed by atoms with E-state index in [9.17, 15) is 26.3 Å². The number of hydrogen-bond donors (Lipinski definition) is 1. The summed E-state index contributed by atoms with van der Waals surface area (Å²) in [4.78, 5) is 12.8. The van der Waals surface area contributed by atoms with Gasteiger partial charge in [0.15, 0.2) is 0 Å². The largest absolute Gasteiger partial charge is 0.440 e. The van der Waals surface area contributed by atoms with E-state index >= 15 is 0 Å². The van der Waals surface area contributed by atoms with Crippen molar-refractivity contribution < 1.29 is 31.1 Å². The lowest BCUT2D eigenvalue weighted by Gasteiger charge is -2.25. The van der Waals surface area contributed by atoms with Crippen molar-refractivity contribution in [3.8, 4) is 6.01 Å². The molecule has 6 nitrogen and oxygen atoms in total. The third kappa shape index (κ3) is 7.10. The summed E-state index contributed by atoms with van der Waals surface area (Å²) in [5.74, 6) is -0.284. The van der Waals surface area contributed by atoms with Crippen molar-refractivity contribution in [3.05, 3.63) is 12.7 Å². The molecule has 27 heavy (non-hydrogen) atoms. The van der Waals surface area contributed by atoms with Crippen molar-refractivity contribution in [1.29, 1.82) is 0 Å². The zero-order valence-electron chi connectivity index (χ0n) is 14.9. The third-order valence-electron chi connectivity index (χ3n) is 3.10. The molecule has 0 aromatic carbocycles. The highest BCUT2D eigenvalue weighted by molar-refractivity contribution is 5.38. The monoisotopic (exact) mass is 401 g/mol. The molecule has 0 bridgehead atoms. The first-order valence-electron chi connectivity index (χ1n) is 8.18. The van der Waals surface area contributed by atoms with Gasteiger partial charge in [-0.3, -0.25) is 0 Å². The summed E-state index contributed by atoms with van der Waals surface area (Å²) < 4.78 is 80.6. The zero-order valence-corrected chi connectivity index (χ0v) is 14.9. The lowest BCUT2D eigenvalue weighted by molar-refractivity contribution is -0.301. The van der Waals surface area contributed by atoms with Crippen LogP contribution in [0.15, 0.2) is 12.7 Å². The van der Waals surface area contributed by atoms with Crippen LogP contribution < -0.4 is 15.0 Å². The first-order valence-corrected chi connectivity index (χ1v) is 8.18. The molecular weight excluding hydrogens is 380 g/mol. The van der Waals surface area contributed by atoms with Gasteiger partial charge in [-0.25, -0.2) is 0 Å². The highest BCUT2D eigenvalue weighted by Gasteiger charge is 2.59. The van der Waals surface area contributed by atoms with E-state index in [2.05, 4.69) is 31.6 Å². The van der Waals surface area contributed by atoms with Crippen LogP contribution in [0.1, 0.15) is 26.7 Å². The zero-order chi connectivity index (χ0) is 20.7. The van der Waals surface area contributed by atoms with E-state index in [1.165, 1.54) is 6.08 Å². The minimum atomic E-state index is -5.67. The number of anilines is 2. The topological polar surface area (TPSA) is 63.2 Å². The number of nitrogens with one attached hydrogen (secondary N) is 1. The summed E-state index contributed by atoms with van der Waals surface area (Å²) >= 11 is 0. The average Bonchev–Trinajstić information content (AvgIpc) is 2.55. The Labute approximate surface area is 152 Å². The highest BCUT2D eigenvalue weighted by atomic mass is 19.4. The number of nitrogens with zero attached hydrogens (tertiary/aromatic N) is 4. The molecule has 1 rings (SSSR count). The number of hydrogen-bond acceptors (Lipinski definition) is 6. The van der Waals surface area contributed by atoms with Crippen LogP contribution >= 0.6 is 0 Å². The van der Waals surface area contributed by atoms with Crippen LogP contribution in [0.3, 0.4) is 0 Å². The minimum absolute atomic E-state index is 0.0710. The lowest BCUT2D eigenvalue weighted by Crippen LogP contribution is -2.47. The third-order valence-corrected chi connectivity index (χ3v) is 3.10. The van der Waals surface area contributed by atoms with Crippen LogP contribution in [0, 0.1) is 0 Å². The molecule has 0 saturated carbocycles. The Balaban J connectivity index is 3.30. The lowest BCUT2D eigenvalue weighted by atomic mass is 10.3. The number of halogens is 6. The van der Waals surface area contributed by atoms with E-state index in [1.54, 1.807) is 4.90 Å². The maximum Gasteiger partial charge on any atom is 0.434 e. The highest BCUT2D eigenvalue weighted by Crippen LogP contribution is 2.36. The van der Waals surface area contributed by atoms with Crippen molar-refractivity contribution in [2.45, 2.75) is 45.1 Å². The Bertz CT molecular complexity index is 587. The Kier molecular flexibility index (Phi) is 8.10. The molecule has 1 aromatic heterocycles. The summed E-state index contributed by atoms with van der Waals surface area (Å²) in [5.41, 5.74) is 0. The molecule has 0 aliphatic heterocycles. The van der Waals surface area contributed by atoms with Crippen molar-refractivity contribution in [1.82, 2.24) is 15.0 Å². The van der Waals surface area contributed by atoms with Crippen molar-refractivity contribution >= 4 is 11.9 Å². The molecular formula is C15H21F6N5O. The number of rotatable bonds is 10. The molecule has 12 heteroatoms. The summed E-state index contributed by atoms with van der Waals surface area (Å²) in [6.07, 6.45) is -12.6. The van der Waals surface area contributed by atoms with Gasteiger partial charge in [-0.1, -0.05) is 19.9 Å². The number of alkyl halides is 6. The number of aromatic nitrogens is 3. The Morgan fingerprint density at radius 1 is 1.04 bits per heavy atom. The van der Waals surface area contributed by atoms with Crippen molar-refractivity contribution in [2.75, 3.05) is 29.9 Å². The molecule has 0 atom stereocenters. The predicted octanol–water partition coefficient (Wildman–Crippen LogP) is 3.97. The van der Waals surface area contributed by atoms with Crippen molar-refractivity contribution in [2.24, 2.45) is 0 Å². The van der Waals surface area contributed by atoms with Gasteiger partial charge in [0, 0.05) is 19.6 Å². The molecule has 0 saturated heterocycles. The summed E-state index contributed by atoms with van der Waals surface area (Å²) in [6, 6.07) is -1.07. The molecule has 0 spiro atoms. The first-order chi connectivity index (χ1) is 12.5. The standard InChI is InChI=1S/C15H21F6N5O/c1-4-7-22-11-23-12(26(8-5-2)9-6-3)25-13(24-11)27-10(14(16,17)18)15(19,20)21/h4,10H,1,5-9H2,2-3H3,(H,22,23,24,25). The van der Waals surface area contributed by atoms with E-state index < -0.39 is 24.5 Å². The van der Waals surface area contributed by atoms with Gasteiger partial charge in [0.2, 0.25) is 11.9 Å². The molecule has 1 heterocycles. The Hall–Kier alpha value is -2.27. The van der Waals surface area contributed by atoms with Gasteiger partial charge >= 0.3 is 18.4 Å². The fourth-order valence-corrected chi connectivity index (χ4v) is 2.06. The second-order valence-corrected chi connectivity index (χ2v) is 5.48. The quantitative estimate of drug-likeness (QED) is 0.473. The normalized spacial score (nSPS) is 12.2. The second kappa shape index (κ2) is 9.60. The van der Waals surface area contributed by atoms with E-state index in [4.69, 9.17) is 0 Å². The van der Waals surface area contributed by atoms with Gasteiger partial charge in [0.25, 0.3) is 6.10 Å². The van der Waals surface area contributed by atoms with Gasteiger partial charge in [-0.15, -0.1) is 6.58 Å². The van der Waals surface area contributed by atoms with Crippen molar-refractivity contribution in [3.63, 3.8) is 0 Å². The summed E-state index contributed by atoms with van der Waals surface area (Å²) in [7, 11) is 0. The van der Waals surface area contributed by atoms with Gasteiger partial charge < -0.3 is 15.0 Å². The van der Waals surface area contributed by atoms with Crippen LogP contribution in [0.2, 0.25) is 0 Å². The van der Waals surface area contributed by atoms with Crippen LogP contribution in [-0.2, 0) is 0 Å². The second-order valence-electron chi connectivity index (χ2n) is 5.48. The van der Waals surface area contributed by atoms with Gasteiger partial charge in [0.1, 0.15) is 0 Å². The van der Waals surface area contributed by atoms with E-state index in [0.29, 0.717) is 25.9 Å².